The molecular formula is C9H8N2NaO. The Balaban J connectivity index is 0.00000144. The van der Waals surface area contributed by atoms with Gasteiger partial charge in [-0.2, -0.15) is 5.26 Å². The average molecular weight is 183 g/mol. The van der Waals surface area contributed by atoms with Crippen LogP contribution in [-0.2, 0) is 11.2 Å². The topological polar surface area (TPSA) is 53.8 Å². The predicted molar refractivity (Wildman–Crippen MR) is 48.9 cm³/mol. The van der Waals surface area contributed by atoms with Crippen LogP contribution in [0, 0.1) is 17.2 Å². The molecule has 13 heavy (non-hydrogen) atoms. The summed E-state index contributed by atoms with van der Waals surface area (Å²) in [6.45, 7) is 0. The fourth-order valence-corrected chi connectivity index (χ4v) is 0.897. The van der Waals surface area contributed by atoms with Gasteiger partial charge in [0, 0.05) is 42.0 Å². The smallest absolute Gasteiger partial charge is 0.137 e. The molecule has 3 nitrogen and oxygen atoms in total. The molecule has 1 heterocycles. The zero-order valence-corrected chi connectivity index (χ0v) is 9.47. The molecule has 0 aliphatic carbocycles. The minimum absolute atomic E-state index is 0. The standard InChI is InChI=1S/C9H8N2O.Na/c10-5-9(7-12)4-8-2-1-3-11-6-8;/h1-3,6-7,9H,4H2;. The number of carbonyl (C=O) groups excluding carboxylic acids is 1. The van der Waals surface area contributed by atoms with Crippen molar-refractivity contribution in [1.29, 1.82) is 5.26 Å². The summed E-state index contributed by atoms with van der Waals surface area (Å²) in [7, 11) is 0. The first-order chi connectivity index (χ1) is 5.86. The van der Waals surface area contributed by atoms with E-state index in [1.165, 1.54) is 0 Å². The van der Waals surface area contributed by atoms with Gasteiger partial charge >= 0.3 is 0 Å². The van der Waals surface area contributed by atoms with Crippen molar-refractivity contribution >= 4 is 35.8 Å². The van der Waals surface area contributed by atoms with Crippen LogP contribution in [0.25, 0.3) is 0 Å². The van der Waals surface area contributed by atoms with E-state index >= 15 is 0 Å². The van der Waals surface area contributed by atoms with E-state index in [-0.39, 0.29) is 29.6 Å². The Labute approximate surface area is 99.1 Å². The van der Waals surface area contributed by atoms with Gasteiger partial charge in [-0.15, -0.1) is 0 Å². The van der Waals surface area contributed by atoms with Crippen molar-refractivity contribution in [2.24, 2.45) is 5.92 Å². The molecule has 1 aromatic heterocycles. The number of carbonyl (C=O) groups is 1. The molecule has 0 saturated carbocycles. The molecule has 0 aliphatic heterocycles. The van der Waals surface area contributed by atoms with Crippen molar-refractivity contribution < 1.29 is 4.79 Å². The van der Waals surface area contributed by atoms with Crippen LogP contribution in [0.1, 0.15) is 5.56 Å². The Morgan fingerprint density at radius 1 is 1.69 bits per heavy atom. The van der Waals surface area contributed by atoms with Crippen LogP contribution in [0.4, 0.5) is 0 Å². The van der Waals surface area contributed by atoms with Gasteiger partial charge in [-0.1, -0.05) is 6.07 Å². The zero-order valence-electron chi connectivity index (χ0n) is 7.47. The number of aromatic nitrogens is 1. The molecule has 0 saturated heterocycles. The minimum Gasteiger partial charge on any atom is -0.302 e. The maximum Gasteiger partial charge on any atom is 0.137 e. The van der Waals surface area contributed by atoms with Crippen molar-refractivity contribution in [2.45, 2.75) is 6.42 Å². The van der Waals surface area contributed by atoms with Crippen LogP contribution in [-0.4, -0.2) is 40.8 Å². The molecule has 0 spiro atoms. The summed E-state index contributed by atoms with van der Waals surface area (Å²) in [6.07, 6.45) is 4.43. The van der Waals surface area contributed by atoms with Gasteiger partial charge in [0.2, 0.25) is 0 Å². The van der Waals surface area contributed by atoms with Crippen molar-refractivity contribution in [1.82, 2.24) is 4.98 Å². The quantitative estimate of drug-likeness (QED) is 0.508. The second kappa shape index (κ2) is 6.79. The van der Waals surface area contributed by atoms with Crippen molar-refractivity contribution in [2.75, 3.05) is 0 Å². The molecule has 1 aromatic rings. The summed E-state index contributed by atoms with van der Waals surface area (Å²) in [5, 5.41) is 8.49. The van der Waals surface area contributed by atoms with Crippen molar-refractivity contribution in [3.63, 3.8) is 0 Å². The second-order valence-electron chi connectivity index (χ2n) is 2.44. The van der Waals surface area contributed by atoms with Gasteiger partial charge in [0.1, 0.15) is 12.2 Å². The number of aldehydes is 1. The molecule has 1 rings (SSSR count). The fraction of sp³-hybridized carbons (Fsp3) is 0.222. The van der Waals surface area contributed by atoms with Gasteiger partial charge in [-0.3, -0.25) is 4.98 Å². The molecule has 61 valence electrons. The first-order valence-electron chi connectivity index (χ1n) is 3.60. The molecule has 1 radical (unpaired) electrons. The van der Waals surface area contributed by atoms with E-state index in [2.05, 4.69) is 4.98 Å². The Morgan fingerprint density at radius 3 is 2.92 bits per heavy atom. The Morgan fingerprint density at radius 2 is 2.46 bits per heavy atom. The fourth-order valence-electron chi connectivity index (χ4n) is 0.897. The Kier molecular flexibility index (Phi) is 6.43. The van der Waals surface area contributed by atoms with E-state index in [4.69, 9.17) is 5.26 Å². The molecule has 0 amide bonds. The minimum atomic E-state index is -0.547. The van der Waals surface area contributed by atoms with Crippen LogP contribution >= 0.6 is 0 Å². The van der Waals surface area contributed by atoms with Crippen LogP contribution in [0.2, 0.25) is 0 Å². The first kappa shape index (κ1) is 12.3. The molecule has 0 aromatic carbocycles. The maximum atomic E-state index is 10.3. The molecular weight excluding hydrogens is 175 g/mol. The Hall–Kier alpha value is -0.690. The van der Waals surface area contributed by atoms with E-state index in [0.29, 0.717) is 12.7 Å². The van der Waals surface area contributed by atoms with E-state index in [9.17, 15) is 4.79 Å². The van der Waals surface area contributed by atoms with Gasteiger partial charge < -0.3 is 4.79 Å². The van der Waals surface area contributed by atoms with Gasteiger partial charge in [0.25, 0.3) is 0 Å². The van der Waals surface area contributed by atoms with Crippen LogP contribution in [0.15, 0.2) is 24.5 Å². The number of hydrogen-bond donors (Lipinski definition) is 0. The van der Waals surface area contributed by atoms with E-state index in [1.54, 1.807) is 18.5 Å². The van der Waals surface area contributed by atoms with E-state index in [0.717, 1.165) is 5.56 Å². The third-order valence-corrected chi connectivity index (χ3v) is 1.51. The molecule has 1 atom stereocenters. The number of nitriles is 1. The molecule has 0 N–H and O–H groups in total. The SMILES string of the molecule is N#CC(C=O)Cc1cccnc1.[Na]. The summed E-state index contributed by atoms with van der Waals surface area (Å²) >= 11 is 0. The van der Waals surface area contributed by atoms with Gasteiger partial charge in [-0.25, -0.2) is 0 Å². The molecule has 0 fully saturated rings. The summed E-state index contributed by atoms with van der Waals surface area (Å²) < 4.78 is 0. The predicted octanol–water partition coefficient (Wildman–Crippen LogP) is 0.582. The van der Waals surface area contributed by atoms with Gasteiger partial charge in [0.15, 0.2) is 0 Å². The first-order valence-corrected chi connectivity index (χ1v) is 3.60. The summed E-state index contributed by atoms with van der Waals surface area (Å²) in [6, 6.07) is 5.54. The third kappa shape index (κ3) is 4.18. The van der Waals surface area contributed by atoms with E-state index < -0.39 is 5.92 Å². The van der Waals surface area contributed by atoms with Crippen molar-refractivity contribution in [3.05, 3.63) is 30.1 Å². The average Bonchev–Trinajstić information content (AvgIpc) is 2.16. The summed E-state index contributed by atoms with van der Waals surface area (Å²) in [5.74, 6) is -0.547. The van der Waals surface area contributed by atoms with Crippen molar-refractivity contribution in [3.8, 4) is 6.07 Å². The van der Waals surface area contributed by atoms with Crippen LogP contribution < -0.4 is 0 Å². The van der Waals surface area contributed by atoms with Crippen LogP contribution in [0.3, 0.4) is 0 Å². The molecule has 0 bridgehead atoms. The normalized spacial score (nSPS) is 10.7. The van der Waals surface area contributed by atoms with Crippen LogP contribution in [0.5, 0.6) is 0 Å². The number of pyridine rings is 1. The third-order valence-electron chi connectivity index (χ3n) is 1.51. The largest absolute Gasteiger partial charge is 0.302 e. The number of nitrogens with zero attached hydrogens (tertiary/aromatic N) is 2. The van der Waals surface area contributed by atoms with Gasteiger partial charge in [0.05, 0.1) is 6.07 Å². The summed E-state index contributed by atoms with van der Waals surface area (Å²) in [4.78, 5) is 14.2. The van der Waals surface area contributed by atoms with Gasteiger partial charge in [-0.05, 0) is 18.1 Å². The molecule has 1 unspecified atom stereocenters. The second-order valence-corrected chi connectivity index (χ2v) is 2.44. The Bertz CT molecular complexity index is 294. The molecule has 4 heteroatoms. The van der Waals surface area contributed by atoms with E-state index in [1.807, 2.05) is 12.1 Å². The number of hydrogen-bond acceptors (Lipinski definition) is 3. The summed E-state index contributed by atoms with van der Waals surface area (Å²) in [5.41, 5.74) is 0.913. The zero-order chi connectivity index (χ0) is 8.81. The monoisotopic (exact) mass is 183 g/mol. The number of rotatable bonds is 3. The maximum absolute atomic E-state index is 10.3. The molecule has 0 aliphatic rings.